The van der Waals surface area contributed by atoms with Crippen molar-refractivity contribution in [2.24, 2.45) is 0 Å². The Balaban J connectivity index is 1.70. The summed E-state index contributed by atoms with van der Waals surface area (Å²) in [5, 5.41) is 9.92. The minimum Gasteiger partial charge on any atom is -0.368 e. The zero-order chi connectivity index (χ0) is 14.7. The van der Waals surface area contributed by atoms with Crippen molar-refractivity contribution in [2.75, 3.05) is 36.0 Å². The SMILES string of the molecule is N#Cc1cccnc1N1CCN(c2ccc(Cl)cc2)CC1. The molecule has 0 atom stereocenters. The van der Waals surface area contributed by atoms with Gasteiger partial charge in [-0.25, -0.2) is 4.98 Å². The smallest absolute Gasteiger partial charge is 0.146 e. The van der Waals surface area contributed by atoms with Gasteiger partial charge in [-0.3, -0.25) is 0 Å². The second-order valence-corrected chi connectivity index (χ2v) is 5.37. The van der Waals surface area contributed by atoms with Gasteiger partial charge in [0.05, 0.1) is 5.56 Å². The molecule has 1 aliphatic heterocycles. The van der Waals surface area contributed by atoms with Crippen LogP contribution in [-0.2, 0) is 0 Å². The molecule has 0 aliphatic carbocycles. The fourth-order valence-electron chi connectivity index (χ4n) is 2.56. The summed E-state index contributed by atoms with van der Waals surface area (Å²) in [6, 6.07) is 13.7. The molecule has 0 amide bonds. The summed E-state index contributed by atoms with van der Waals surface area (Å²) < 4.78 is 0. The fraction of sp³-hybridized carbons (Fsp3) is 0.250. The standard InChI is InChI=1S/C16H15ClN4/c17-14-3-5-15(6-4-14)20-8-10-21(11-9-20)16-13(12-18)2-1-7-19-16/h1-7H,8-11H2. The maximum absolute atomic E-state index is 9.17. The van der Waals surface area contributed by atoms with Gasteiger partial charge >= 0.3 is 0 Å². The zero-order valence-corrected chi connectivity index (χ0v) is 12.3. The van der Waals surface area contributed by atoms with Crippen LogP contribution in [0.15, 0.2) is 42.6 Å². The Morgan fingerprint density at radius 2 is 1.67 bits per heavy atom. The number of aromatic nitrogens is 1. The first-order chi connectivity index (χ1) is 10.3. The summed E-state index contributed by atoms with van der Waals surface area (Å²) in [5.74, 6) is 0.788. The number of anilines is 2. The molecule has 0 saturated carbocycles. The maximum atomic E-state index is 9.17. The first-order valence-corrected chi connectivity index (χ1v) is 7.26. The Kier molecular flexibility index (Phi) is 3.94. The largest absolute Gasteiger partial charge is 0.368 e. The highest BCUT2D eigenvalue weighted by molar-refractivity contribution is 6.30. The van der Waals surface area contributed by atoms with Gasteiger partial charge in [0, 0.05) is 43.1 Å². The van der Waals surface area contributed by atoms with Crippen LogP contribution in [0.2, 0.25) is 5.02 Å². The van der Waals surface area contributed by atoms with E-state index in [0.29, 0.717) is 5.56 Å². The van der Waals surface area contributed by atoms with Gasteiger partial charge in [0.25, 0.3) is 0 Å². The molecule has 2 heterocycles. The number of rotatable bonds is 2. The lowest BCUT2D eigenvalue weighted by atomic mass is 10.2. The van der Waals surface area contributed by atoms with Gasteiger partial charge in [0.2, 0.25) is 0 Å². The monoisotopic (exact) mass is 298 g/mol. The number of pyridine rings is 1. The number of hydrogen-bond donors (Lipinski definition) is 0. The third kappa shape index (κ3) is 2.93. The van der Waals surface area contributed by atoms with E-state index in [1.165, 1.54) is 5.69 Å². The van der Waals surface area contributed by atoms with E-state index in [1.54, 1.807) is 12.3 Å². The van der Waals surface area contributed by atoms with Crippen LogP contribution in [0.1, 0.15) is 5.56 Å². The summed E-state index contributed by atoms with van der Waals surface area (Å²) in [6.45, 7) is 3.52. The topological polar surface area (TPSA) is 43.2 Å². The summed E-state index contributed by atoms with van der Waals surface area (Å²) in [5.41, 5.74) is 1.82. The molecule has 1 aromatic carbocycles. The number of nitriles is 1. The molecule has 5 heteroatoms. The molecule has 1 aliphatic rings. The molecule has 2 aromatic rings. The molecule has 1 saturated heterocycles. The molecule has 4 nitrogen and oxygen atoms in total. The quantitative estimate of drug-likeness (QED) is 0.855. The first kappa shape index (κ1) is 13.7. The molecule has 3 rings (SSSR count). The van der Waals surface area contributed by atoms with Crippen molar-refractivity contribution in [3.63, 3.8) is 0 Å². The van der Waals surface area contributed by atoms with Crippen molar-refractivity contribution in [1.29, 1.82) is 5.26 Å². The highest BCUT2D eigenvalue weighted by atomic mass is 35.5. The second-order valence-electron chi connectivity index (χ2n) is 4.94. The average molecular weight is 299 g/mol. The molecule has 0 radical (unpaired) electrons. The number of benzene rings is 1. The third-order valence-corrected chi connectivity index (χ3v) is 3.93. The van der Waals surface area contributed by atoms with Crippen LogP contribution in [0.5, 0.6) is 0 Å². The number of piperazine rings is 1. The predicted octanol–water partition coefficient (Wildman–Crippen LogP) is 2.93. The van der Waals surface area contributed by atoms with Crippen molar-refractivity contribution < 1.29 is 0 Å². The molecular weight excluding hydrogens is 284 g/mol. The van der Waals surface area contributed by atoms with E-state index in [4.69, 9.17) is 16.9 Å². The molecule has 0 N–H and O–H groups in total. The van der Waals surface area contributed by atoms with E-state index in [-0.39, 0.29) is 0 Å². The molecular formula is C16H15ClN4. The zero-order valence-electron chi connectivity index (χ0n) is 11.5. The van der Waals surface area contributed by atoms with Crippen LogP contribution in [0.4, 0.5) is 11.5 Å². The highest BCUT2D eigenvalue weighted by Crippen LogP contribution is 2.22. The molecule has 0 bridgehead atoms. The van der Waals surface area contributed by atoms with E-state index < -0.39 is 0 Å². The van der Waals surface area contributed by atoms with Gasteiger partial charge in [-0.05, 0) is 36.4 Å². The lowest BCUT2D eigenvalue weighted by molar-refractivity contribution is 0.647. The Morgan fingerprint density at radius 1 is 1.00 bits per heavy atom. The summed E-state index contributed by atoms with van der Waals surface area (Å²) in [7, 11) is 0. The minimum absolute atomic E-state index is 0.637. The second kappa shape index (κ2) is 6.02. The first-order valence-electron chi connectivity index (χ1n) is 6.88. The number of halogens is 1. The summed E-state index contributed by atoms with van der Waals surface area (Å²) >= 11 is 5.92. The van der Waals surface area contributed by atoms with E-state index in [9.17, 15) is 0 Å². The number of hydrogen-bond acceptors (Lipinski definition) is 4. The lowest BCUT2D eigenvalue weighted by Gasteiger charge is -2.37. The highest BCUT2D eigenvalue weighted by Gasteiger charge is 2.20. The Morgan fingerprint density at radius 3 is 2.33 bits per heavy atom. The van der Waals surface area contributed by atoms with Crippen LogP contribution in [0.25, 0.3) is 0 Å². The molecule has 1 fully saturated rings. The fourth-order valence-corrected chi connectivity index (χ4v) is 2.69. The van der Waals surface area contributed by atoms with Gasteiger partial charge in [-0.15, -0.1) is 0 Å². The van der Waals surface area contributed by atoms with Crippen LogP contribution >= 0.6 is 11.6 Å². The molecule has 0 spiro atoms. The minimum atomic E-state index is 0.637. The van der Waals surface area contributed by atoms with Crippen LogP contribution in [0, 0.1) is 11.3 Å². The Labute approximate surface area is 129 Å². The molecule has 106 valence electrons. The Hall–Kier alpha value is -2.25. The van der Waals surface area contributed by atoms with Crippen molar-refractivity contribution in [1.82, 2.24) is 4.98 Å². The van der Waals surface area contributed by atoms with Crippen molar-refractivity contribution in [3.05, 3.63) is 53.2 Å². The Bertz CT molecular complexity index is 655. The third-order valence-electron chi connectivity index (χ3n) is 3.68. The van der Waals surface area contributed by atoms with E-state index in [1.807, 2.05) is 30.3 Å². The van der Waals surface area contributed by atoms with Gasteiger partial charge in [0.15, 0.2) is 0 Å². The normalized spacial score (nSPS) is 14.9. The van der Waals surface area contributed by atoms with Crippen molar-refractivity contribution in [3.8, 4) is 6.07 Å². The molecule has 21 heavy (non-hydrogen) atoms. The van der Waals surface area contributed by atoms with Gasteiger partial charge in [-0.1, -0.05) is 11.6 Å². The maximum Gasteiger partial charge on any atom is 0.146 e. The van der Waals surface area contributed by atoms with Crippen LogP contribution in [-0.4, -0.2) is 31.2 Å². The van der Waals surface area contributed by atoms with Gasteiger partial charge < -0.3 is 9.80 Å². The predicted molar refractivity (Wildman–Crippen MR) is 84.8 cm³/mol. The summed E-state index contributed by atoms with van der Waals surface area (Å²) in [6.07, 6.45) is 1.74. The molecule has 0 unspecified atom stereocenters. The van der Waals surface area contributed by atoms with Crippen LogP contribution in [0.3, 0.4) is 0 Å². The van der Waals surface area contributed by atoms with Gasteiger partial charge in [-0.2, -0.15) is 5.26 Å². The summed E-state index contributed by atoms with van der Waals surface area (Å²) in [4.78, 5) is 8.84. The molecule has 1 aromatic heterocycles. The van der Waals surface area contributed by atoms with E-state index in [2.05, 4.69) is 20.9 Å². The van der Waals surface area contributed by atoms with Gasteiger partial charge in [0.1, 0.15) is 11.9 Å². The lowest BCUT2D eigenvalue weighted by Crippen LogP contribution is -2.47. The van der Waals surface area contributed by atoms with Crippen molar-refractivity contribution >= 4 is 23.1 Å². The van der Waals surface area contributed by atoms with E-state index >= 15 is 0 Å². The van der Waals surface area contributed by atoms with E-state index in [0.717, 1.165) is 37.0 Å². The number of nitrogens with zero attached hydrogens (tertiary/aromatic N) is 4. The average Bonchev–Trinajstić information content (AvgIpc) is 2.56. The van der Waals surface area contributed by atoms with Crippen LogP contribution < -0.4 is 9.80 Å². The van der Waals surface area contributed by atoms with Crippen molar-refractivity contribution in [2.45, 2.75) is 0 Å².